The van der Waals surface area contributed by atoms with Gasteiger partial charge in [0.05, 0.1) is 35.3 Å². The SMILES string of the molecule is Cc1c(Nc2c(F)c(F)cc(NS(=O)(=O)CCCF)c2F)ccc2ncn(C)c(=O)c12. The van der Waals surface area contributed by atoms with Crippen molar-refractivity contribution in [2.75, 3.05) is 22.5 Å². The highest BCUT2D eigenvalue weighted by molar-refractivity contribution is 7.92. The van der Waals surface area contributed by atoms with Crippen molar-refractivity contribution in [2.24, 2.45) is 7.05 Å². The minimum Gasteiger partial charge on any atom is -0.350 e. The zero-order valence-electron chi connectivity index (χ0n) is 16.5. The van der Waals surface area contributed by atoms with Gasteiger partial charge in [0.25, 0.3) is 5.56 Å². The fourth-order valence-corrected chi connectivity index (χ4v) is 4.05. The largest absolute Gasteiger partial charge is 0.350 e. The Morgan fingerprint density at radius 1 is 1.13 bits per heavy atom. The molecule has 12 heteroatoms. The fraction of sp³-hybridized carbons (Fsp3) is 0.263. The van der Waals surface area contributed by atoms with E-state index in [9.17, 15) is 30.8 Å². The number of rotatable bonds is 7. The van der Waals surface area contributed by atoms with E-state index in [0.29, 0.717) is 17.1 Å². The van der Waals surface area contributed by atoms with Crippen LogP contribution in [-0.4, -0.2) is 30.4 Å². The number of aromatic nitrogens is 2. The van der Waals surface area contributed by atoms with E-state index in [1.807, 2.05) is 0 Å². The van der Waals surface area contributed by atoms with E-state index in [2.05, 4.69) is 10.3 Å². The Morgan fingerprint density at radius 2 is 1.84 bits per heavy atom. The molecule has 0 bridgehead atoms. The molecule has 1 heterocycles. The first-order chi connectivity index (χ1) is 14.6. The molecule has 2 aromatic carbocycles. The van der Waals surface area contributed by atoms with Crippen LogP contribution in [0.5, 0.6) is 0 Å². The van der Waals surface area contributed by atoms with E-state index in [4.69, 9.17) is 0 Å². The van der Waals surface area contributed by atoms with Crippen LogP contribution in [0.3, 0.4) is 0 Å². The van der Waals surface area contributed by atoms with Crippen molar-refractivity contribution in [3.63, 3.8) is 0 Å². The fourth-order valence-electron chi connectivity index (χ4n) is 2.97. The van der Waals surface area contributed by atoms with Crippen molar-refractivity contribution < 1.29 is 26.0 Å². The summed E-state index contributed by atoms with van der Waals surface area (Å²) in [5, 5.41) is 2.59. The Labute approximate surface area is 174 Å². The number of aryl methyl sites for hydroxylation is 2. The number of nitrogens with zero attached hydrogens (tertiary/aromatic N) is 2. The monoisotopic (exact) mass is 458 g/mol. The first kappa shape index (κ1) is 22.5. The molecule has 0 aliphatic rings. The lowest BCUT2D eigenvalue weighted by Gasteiger charge is -2.16. The molecule has 0 spiro atoms. The highest BCUT2D eigenvalue weighted by Crippen LogP contribution is 2.33. The molecule has 0 radical (unpaired) electrons. The van der Waals surface area contributed by atoms with Gasteiger partial charge in [0.1, 0.15) is 5.69 Å². The third-order valence-electron chi connectivity index (χ3n) is 4.58. The highest BCUT2D eigenvalue weighted by atomic mass is 32.2. The number of benzene rings is 2. The first-order valence-corrected chi connectivity index (χ1v) is 10.7. The van der Waals surface area contributed by atoms with Gasteiger partial charge in [-0.2, -0.15) is 0 Å². The van der Waals surface area contributed by atoms with Gasteiger partial charge in [-0.1, -0.05) is 0 Å². The number of fused-ring (bicyclic) bond motifs is 1. The van der Waals surface area contributed by atoms with Crippen LogP contribution in [0.4, 0.5) is 34.6 Å². The molecule has 0 amide bonds. The molecule has 0 unspecified atom stereocenters. The normalized spacial score (nSPS) is 11.7. The van der Waals surface area contributed by atoms with E-state index >= 15 is 0 Å². The van der Waals surface area contributed by atoms with Crippen molar-refractivity contribution in [1.29, 1.82) is 0 Å². The first-order valence-electron chi connectivity index (χ1n) is 9.01. The topological polar surface area (TPSA) is 93.1 Å². The number of nitrogens with one attached hydrogen (secondary N) is 2. The molecular formula is C19H18F4N4O3S. The van der Waals surface area contributed by atoms with Gasteiger partial charge < -0.3 is 9.88 Å². The Kier molecular flexibility index (Phi) is 6.20. The van der Waals surface area contributed by atoms with Crippen LogP contribution in [0, 0.1) is 24.4 Å². The molecule has 3 aromatic rings. The van der Waals surface area contributed by atoms with Crippen LogP contribution in [0.2, 0.25) is 0 Å². The van der Waals surface area contributed by atoms with E-state index in [0.717, 1.165) is 0 Å². The maximum absolute atomic E-state index is 14.9. The zero-order valence-corrected chi connectivity index (χ0v) is 17.3. The van der Waals surface area contributed by atoms with Gasteiger partial charge in [-0.3, -0.25) is 13.9 Å². The van der Waals surface area contributed by atoms with E-state index in [-0.39, 0.29) is 17.5 Å². The summed E-state index contributed by atoms with van der Waals surface area (Å²) >= 11 is 0. The maximum atomic E-state index is 14.9. The second-order valence-electron chi connectivity index (χ2n) is 6.79. The van der Waals surface area contributed by atoms with E-state index in [1.54, 1.807) is 4.72 Å². The molecule has 0 saturated carbocycles. The van der Waals surface area contributed by atoms with Gasteiger partial charge >= 0.3 is 0 Å². The summed E-state index contributed by atoms with van der Waals surface area (Å²) in [6.07, 6.45) is 0.982. The summed E-state index contributed by atoms with van der Waals surface area (Å²) < 4.78 is 82.5. The van der Waals surface area contributed by atoms with Crippen molar-refractivity contribution in [2.45, 2.75) is 13.3 Å². The van der Waals surface area contributed by atoms with Crippen LogP contribution in [0.15, 0.2) is 29.3 Å². The lowest BCUT2D eigenvalue weighted by molar-refractivity contribution is 0.484. The van der Waals surface area contributed by atoms with Gasteiger partial charge in [0.15, 0.2) is 17.5 Å². The summed E-state index contributed by atoms with van der Waals surface area (Å²) in [7, 11) is -2.70. The van der Waals surface area contributed by atoms with E-state index < -0.39 is 56.8 Å². The number of sulfonamides is 1. The molecule has 0 atom stereocenters. The van der Waals surface area contributed by atoms with Crippen molar-refractivity contribution in [3.05, 3.63) is 57.9 Å². The second kappa shape index (κ2) is 8.53. The summed E-state index contributed by atoms with van der Waals surface area (Å²) in [6, 6.07) is 3.20. The Bertz CT molecular complexity index is 1330. The van der Waals surface area contributed by atoms with Crippen molar-refractivity contribution in [1.82, 2.24) is 9.55 Å². The lowest BCUT2D eigenvalue weighted by Crippen LogP contribution is -2.19. The van der Waals surface area contributed by atoms with Crippen LogP contribution in [0.1, 0.15) is 12.0 Å². The summed E-state index contributed by atoms with van der Waals surface area (Å²) in [6.45, 7) is 0.604. The molecule has 166 valence electrons. The number of alkyl halides is 1. The standard InChI is InChI=1S/C19H18F4N4O3S/c1-10-12(4-5-13-15(10)19(28)27(2)9-24-13)25-18-16(22)11(21)8-14(17(18)23)26-31(29,30)7-3-6-20/h4-5,8-9,25-26H,3,6-7H2,1-2H3. The van der Waals surface area contributed by atoms with Gasteiger partial charge in [-0.25, -0.2) is 26.6 Å². The highest BCUT2D eigenvalue weighted by Gasteiger charge is 2.23. The van der Waals surface area contributed by atoms with Gasteiger partial charge in [0.2, 0.25) is 10.0 Å². The lowest BCUT2D eigenvalue weighted by atomic mass is 10.1. The predicted octanol–water partition coefficient (Wildman–Crippen LogP) is 3.50. The van der Waals surface area contributed by atoms with Crippen molar-refractivity contribution >= 4 is 38.0 Å². The smallest absolute Gasteiger partial charge is 0.261 e. The van der Waals surface area contributed by atoms with Crippen molar-refractivity contribution in [3.8, 4) is 0 Å². The minimum absolute atomic E-state index is 0.0900. The van der Waals surface area contributed by atoms with Gasteiger partial charge in [-0.05, 0) is 31.0 Å². The second-order valence-corrected chi connectivity index (χ2v) is 8.63. The van der Waals surface area contributed by atoms with Crippen LogP contribution in [-0.2, 0) is 17.1 Å². The maximum Gasteiger partial charge on any atom is 0.261 e. The molecule has 0 aliphatic carbocycles. The quantitative estimate of drug-likeness (QED) is 0.418. The van der Waals surface area contributed by atoms with Crippen LogP contribution < -0.4 is 15.6 Å². The Morgan fingerprint density at radius 3 is 2.52 bits per heavy atom. The molecule has 7 nitrogen and oxygen atoms in total. The summed E-state index contributed by atoms with van der Waals surface area (Å²) in [5.74, 6) is -5.16. The molecule has 0 aliphatic heterocycles. The Hall–Kier alpha value is -3.15. The third kappa shape index (κ3) is 4.48. The van der Waals surface area contributed by atoms with Gasteiger partial charge in [0, 0.05) is 18.8 Å². The number of hydrogen-bond acceptors (Lipinski definition) is 5. The minimum atomic E-state index is -4.19. The molecule has 31 heavy (non-hydrogen) atoms. The molecule has 0 fully saturated rings. The number of anilines is 3. The molecule has 3 rings (SSSR count). The van der Waals surface area contributed by atoms with Gasteiger partial charge in [-0.15, -0.1) is 0 Å². The van der Waals surface area contributed by atoms with Crippen LogP contribution in [0.25, 0.3) is 10.9 Å². The predicted molar refractivity (Wildman–Crippen MR) is 109 cm³/mol. The number of hydrogen-bond donors (Lipinski definition) is 2. The number of halogens is 4. The van der Waals surface area contributed by atoms with Crippen LogP contribution >= 0.6 is 0 Å². The average Bonchev–Trinajstić information content (AvgIpc) is 2.71. The average molecular weight is 458 g/mol. The summed E-state index contributed by atoms with van der Waals surface area (Å²) in [5.41, 5.74) is -1.44. The molecule has 0 saturated heterocycles. The van der Waals surface area contributed by atoms with E-state index in [1.165, 1.54) is 37.0 Å². The third-order valence-corrected chi connectivity index (χ3v) is 5.93. The summed E-state index contributed by atoms with van der Waals surface area (Å²) in [4.78, 5) is 16.5. The zero-order chi connectivity index (χ0) is 22.9. The molecular weight excluding hydrogens is 440 g/mol. The molecule has 2 N–H and O–H groups in total. The Balaban J connectivity index is 2.08. The molecule has 1 aromatic heterocycles.